The minimum atomic E-state index is -0.0892. The van der Waals surface area contributed by atoms with E-state index >= 15 is 0 Å². The van der Waals surface area contributed by atoms with Gasteiger partial charge < -0.3 is 15.1 Å². The van der Waals surface area contributed by atoms with Crippen LogP contribution >= 0.6 is 0 Å². The normalized spacial score (nSPS) is 27.0. The van der Waals surface area contributed by atoms with Crippen molar-refractivity contribution in [2.75, 3.05) is 4.90 Å². The van der Waals surface area contributed by atoms with E-state index in [2.05, 4.69) is 170 Å². The van der Waals surface area contributed by atoms with Crippen molar-refractivity contribution < 1.29 is 4.90 Å². The van der Waals surface area contributed by atoms with E-state index in [4.69, 9.17) is 5.32 Å². The van der Waals surface area contributed by atoms with Crippen LogP contribution < -0.4 is 9.80 Å². The smallest absolute Gasteiger partial charge is 0.129 e. The number of rotatable bonds is 4. The lowest BCUT2D eigenvalue weighted by Crippen LogP contribution is -3.18. The lowest BCUT2D eigenvalue weighted by Gasteiger charge is -2.60. The summed E-state index contributed by atoms with van der Waals surface area (Å²) in [5.41, 5.74) is 12.4. The zero-order valence-electron chi connectivity index (χ0n) is 27.4. The summed E-state index contributed by atoms with van der Waals surface area (Å²) in [4.78, 5) is 4.09. The maximum Gasteiger partial charge on any atom is 0.129 e. The molecule has 48 heavy (non-hydrogen) atoms. The molecule has 10 rings (SSSR count). The number of hydrogen-bond acceptors (Lipinski definition) is 1. The van der Waals surface area contributed by atoms with Crippen LogP contribution in [0.25, 0.3) is 27.2 Å². The highest BCUT2D eigenvalue weighted by Crippen LogP contribution is 2.61. The second-order valence-corrected chi connectivity index (χ2v) is 14.5. The molecule has 0 radical (unpaired) electrons. The standard InChI is InChI=1S/C45H38N3/c1-45(2)37-23-13-11-21-35(37)39-33-19-9-10-20-34(33)42-40(41(39)45)36-22-12-14-24-38(36)47(42)31-25-27-32(28-26-31)48-43(29-15-5-3-6-16-29)46-44(48)30-17-7-4-8-18-30/h3-17,19-28,30,36,38,43-44H,18H2,1-2H3/q-1/p+1. The molecule has 5 aromatic rings. The Morgan fingerprint density at radius 1 is 0.729 bits per heavy atom. The highest BCUT2D eigenvalue weighted by molar-refractivity contribution is 6.12. The Balaban J connectivity index is 1.12. The Hall–Kier alpha value is -4.96. The monoisotopic (exact) mass is 621 g/mol. The number of anilines is 2. The fourth-order valence-corrected chi connectivity index (χ4v) is 9.51. The third kappa shape index (κ3) is 3.89. The molecule has 3 nitrogen and oxygen atoms in total. The van der Waals surface area contributed by atoms with E-state index in [-0.39, 0.29) is 29.7 Å². The van der Waals surface area contributed by atoms with Gasteiger partial charge in [-0.1, -0.05) is 141 Å². The van der Waals surface area contributed by atoms with Crippen molar-refractivity contribution in [3.63, 3.8) is 0 Å². The van der Waals surface area contributed by atoms with Crippen molar-refractivity contribution in [2.24, 2.45) is 5.92 Å². The van der Waals surface area contributed by atoms with Crippen molar-refractivity contribution >= 4 is 27.8 Å². The summed E-state index contributed by atoms with van der Waals surface area (Å²) in [5.74, 6) is 0.699. The molecular weight excluding hydrogens is 583 g/mol. The van der Waals surface area contributed by atoms with E-state index in [1.54, 1.807) is 0 Å². The number of allylic oxidation sites excluding steroid dienone is 5. The Bertz CT molecular complexity index is 2200. The van der Waals surface area contributed by atoms with Crippen LogP contribution in [0, 0.1) is 5.92 Å². The van der Waals surface area contributed by atoms with E-state index in [9.17, 15) is 0 Å². The fourth-order valence-electron chi connectivity index (χ4n) is 9.51. The van der Waals surface area contributed by atoms with Gasteiger partial charge in [-0.15, -0.1) is 0 Å². The van der Waals surface area contributed by atoms with Crippen LogP contribution in [0.15, 0.2) is 152 Å². The molecular formula is C45H39N3. The summed E-state index contributed by atoms with van der Waals surface area (Å²) in [6, 6.07) is 38.7. The molecule has 1 fully saturated rings. The van der Waals surface area contributed by atoms with Gasteiger partial charge in [0.15, 0.2) is 0 Å². The molecule has 5 aromatic carbocycles. The first-order valence-electron chi connectivity index (χ1n) is 17.5. The highest BCUT2D eigenvalue weighted by Gasteiger charge is 2.48. The van der Waals surface area contributed by atoms with Gasteiger partial charge in [0.25, 0.3) is 0 Å². The number of fused-ring (bicyclic) bond motifs is 10. The molecule has 0 amide bonds. The molecule has 1 saturated heterocycles. The third-order valence-corrected chi connectivity index (χ3v) is 11.6. The third-order valence-electron chi connectivity index (χ3n) is 11.6. The summed E-state index contributed by atoms with van der Waals surface area (Å²) >= 11 is 0. The van der Waals surface area contributed by atoms with Crippen LogP contribution in [0.5, 0.6) is 0 Å². The summed E-state index contributed by atoms with van der Waals surface area (Å²) in [7, 11) is 0. The van der Waals surface area contributed by atoms with Gasteiger partial charge in [0, 0.05) is 52.8 Å². The SMILES string of the molecule is CC1(C)c2ccccc2-c2c1c1c(c3ccccc23)N(c2ccc([NH+]3C(c4ccccc4)[N-]C3C3C=CC=CC3)cc2)C2C=CC=CC12. The molecule has 5 aliphatic rings. The molecule has 234 valence electrons. The van der Waals surface area contributed by atoms with Gasteiger partial charge in [-0.25, -0.2) is 0 Å². The molecule has 0 saturated carbocycles. The summed E-state index contributed by atoms with van der Waals surface area (Å²) < 4.78 is 0. The maximum atomic E-state index is 5.31. The van der Waals surface area contributed by atoms with Crippen LogP contribution in [0.1, 0.15) is 54.6 Å². The van der Waals surface area contributed by atoms with Gasteiger partial charge >= 0.3 is 0 Å². The quantitative estimate of drug-likeness (QED) is 0.212. The molecule has 0 aromatic heterocycles. The van der Waals surface area contributed by atoms with Crippen LogP contribution in [0.3, 0.4) is 0 Å². The second kappa shape index (κ2) is 10.5. The Morgan fingerprint density at radius 2 is 1.46 bits per heavy atom. The van der Waals surface area contributed by atoms with Crippen LogP contribution in [-0.4, -0.2) is 12.2 Å². The Morgan fingerprint density at radius 3 is 2.27 bits per heavy atom. The highest BCUT2D eigenvalue weighted by atomic mass is 15.5. The largest absolute Gasteiger partial charge is 0.552 e. The number of hydrogen-bond donors (Lipinski definition) is 1. The number of nitrogens with one attached hydrogen (secondary N) is 1. The van der Waals surface area contributed by atoms with Gasteiger partial charge in [-0.2, -0.15) is 0 Å². The number of benzene rings is 5. The van der Waals surface area contributed by atoms with Crippen LogP contribution in [-0.2, 0) is 5.41 Å². The average molecular weight is 622 g/mol. The first-order chi connectivity index (χ1) is 23.6. The minimum absolute atomic E-state index is 0.0892. The van der Waals surface area contributed by atoms with Crippen molar-refractivity contribution in [1.82, 2.24) is 0 Å². The van der Waals surface area contributed by atoms with E-state index in [1.165, 1.54) is 66.1 Å². The molecule has 6 atom stereocenters. The predicted molar refractivity (Wildman–Crippen MR) is 198 cm³/mol. The molecule has 3 aliphatic carbocycles. The number of quaternary nitrogens is 1. The second-order valence-electron chi connectivity index (χ2n) is 14.5. The molecule has 0 spiro atoms. The zero-order chi connectivity index (χ0) is 32.0. The van der Waals surface area contributed by atoms with Crippen LogP contribution in [0.2, 0.25) is 0 Å². The van der Waals surface area contributed by atoms with Gasteiger partial charge in [0.05, 0.1) is 11.7 Å². The molecule has 2 aliphatic heterocycles. The summed E-state index contributed by atoms with van der Waals surface area (Å²) in [6.07, 6.45) is 19.7. The number of nitrogens with zero attached hydrogens (tertiary/aromatic N) is 2. The van der Waals surface area contributed by atoms with E-state index < -0.39 is 0 Å². The van der Waals surface area contributed by atoms with E-state index in [0.29, 0.717) is 5.92 Å². The minimum Gasteiger partial charge on any atom is -0.552 e. The molecule has 2 heterocycles. The summed E-state index contributed by atoms with van der Waals surface area (Å²) in [5, 5.41) is 8.00. The molecule has 3 heteroatoms. The molecule has 6 unspecified atom stereocenters. The van der Waals surface area contributed by atoms with Crippen molar-refractivity contribution in [2.45, 2.75) is 50.0 Å². The lowest BCUT2D eigenvalue weighted by atomic mass is 9.75. The zero-order valence-corrected chi connectivity index (χ0v) is 27.4. The van der Waals surface area contributed by atoms with Crippen molar-refractivity contribution in [3.05, 3.63) is 179 Å². The van der Waals surface area contributed by atoms with Gasteiger partial charge in [0.2, 0.25) is 0 Å². The lowest BCUT2D eigenvalue weighted by molar-refractivity contribution is -0.924. The van der Waals surface area contributed by atoms with Gasteiger partial charge in [0.1, 0.15) is 5.69 Å². The Labute approximate surface area is 283 Å². The first-order valence-corrected chi connectivity index (χ1v) is 17.5. The van der Waals surface area contributed by atoms with Crippen molar-refractivity contribution in [3.8, 4) is 11.1 Å². The topological polar surface area (TPSA) is 21.8 Å². The van der Waals surface area contributed by atoms with Gasteiger partial charge in [-0.3, -0.25) is 0 Å². The summed E-state index contributed by atoms with van der Waals surface area (Å²) in [6.45, 7) is 4.86. The van der Waals surface area contributed by atoms with E-state index in [0.717, 1.165) is 6.42 Å². The van der Waals surface area contributed by atoms with Gasteiger partial charge in [-0.05, 0) is 57.3 Å². The Kier molecular flexibility index (Phi) is 6.16. The van der Waals surface area contributed by atoms with E-state index in [1.807, 2.05) is 0 Å². The first kappa shape index (κ1) is 28.1. The maximum absolute atomic E-state index is 5.31. The predicted octanol–water partition coefficient (Wildman–Crippen LogP) is 9.94. The van der Waals surface area contributed by atoms with Crippen LogP contribution in [0.4, 0.5) is 17.1 Å². The molecule has 0 bridgehead atoms. The van der Waals surface area contributed by atoms with Crippen molar-refractivity contribution in [1.29, 1.82) is 0 Å². The fraction of sp³-hybridized carbons (Fsp3) is 0.200. The average Bonchev–Trinajstić information content (AvgIpc) is 3.59. The molecule has 1 N–H and O–H groups in total.